The molecule has 4 nitrogen and oxygen atoms in total. The number of aromatic nitrogens is 2. The lowest BCUT2D eigenvalue weighted by atomic mass is 9.55. The molecule has 3 heterocycles. The lowest BCUT2D eigenvalue weighted by molar-refractivity contribution is -0.153. The molecule has 20 heavy (non-hydrogen) atoms. The minimum Gasteiger partial charge on any atom is -0.481 e. The predicted molar refractivity (Wildman–Crippen MR) is 73.6 cm³/mol. The van der Waals surface area contributed by atoms with Crippen molar-refractivity contribution in [3.8, 4) is 0 Å². The van der Waals surface area contributed by atoms with Gasteiger partial charge in [0.1, 0.15) is 5.82 Å². The molecule has 4 heteroatoms. The van der Waals surface area contributed by atoms with Gasteiger partial charge in [-0.05, 0) is 31.4 Å². The van der Waals surface area contributed by atoms with Crippen molar-refractivity contribution in [1.82, 2.24) is 9.55 Å². The van der Waals surface area contributed by atoms with Gasteiger partial charge in [0.05, 0.1) is 16.9 Å². The highest BCUT2D eigenvalue weighted by Gasteiger charge is 2.59. The van der Waals surface area contributed by atoms with E-state index >= 15 is 0 Å². The van der Waals surface area contributed by atoms with Crippen LogP contribution in [0, 0.1) is 5.41 Å². The Morgan fingerprint density at radius 1 is 1.40 bits per heavy atom. The highest BCUT2D eigenvalue weighted by molar-refractivity contribution is 5.78. The molecule has 2 bridgehead atoms. The molecule has 102 valence electrons. The Morgan fingerprint density at radius 3 is 2.90 bits per heavy atom. The SMILES string of the molecule is CC12CC(C)(C(=O)O)C(c3ccccc31)n1ccnc12. The van der Waals surface area contributed by atoms with Crippen LogP contribution >= 0.6 is 0 Å². The van der Waals surface area contributed by atoms with Crippen LogP contribution in [0.3, 0.4) is 0 Å². The van der Waals surface area contributed by atoms with Gasteiger partial charge in [-0.1, -0.05) is 24.3 Å². The molecule has 1 aromatic carbocycles. The first-order chi connectivity index (χ1) is 9.48. The molecule has 3 atom stereocenters. The summed E-state index contributed by atoms with van der Waals surface area (Å²) in [5.41, 5.74) is 1.22. The van der Waals surface area contributed by atoms with Crippen molar-refractivity contribution in [2.45, 2.75) is 31.7 Å². The summed E-state index contributed by atoms with van der Waals surface area (Å²) in [7, 11) is 0. The van der Waals surface area contributed by atoms with Gasteiger partial charge in [-0.25, -0.2) is 4.98 Å². The Balaban J connectivity index is 2.11. The second-order valence-corrected chi connectivity index (χ2v) is 6.38. The van der Waals surface area contributed by atoms with Crippen LogP contribution in [-0.4, -0.2) is 20.6 Å². The molecule has 0 spiro atoms. The van der Waals surface area contributed by atoms with Crippen LogP contribution in [0.1, 0.15) is 43.3 Å². The first kappa shape index (κ1) is 11.7. The third kappa shape index (κ3) is 1.09. The Bertz CT molecular complexity index is 736. The van der Waals surface area contributed by atoms with Gasteiger partial charge in [-0.2, -0.15) is 0 Å². The standard InChI is InChI=1S/C16H16N2O2/c1-15-9-16(2,14(19)20)12(18-8-7-17-13(15)18)10-5-3-4-6-11(10)15/h3-8,12H,9H2,1-2H3,(H,19,20). The summed E-state index contributed by atoms with van der Waals surface area (Å²) < 4.78 is 2.06. The lowest BCUT2D eigenvalue weighted by Gasteiger charge is -2.53. The number of carboxylic acid groups (broad SMARTS) is 1. The molecular formula is C16H16N2O2. The van der Waals surface area contributed by atoms with Crippen LogP contribution in [-0.2, 0) is 10.2 Å². The molecule has 3 aliphatic rings. The molecule has 1 aromatic heterocycles. The van der Waals surface area contributed by atoms with Gasteiger partial charge in [0.15, 0.2) is 0 Å². The van der Waals surface area contributed by atoms with Gasteiger partial charge in [0.2, 0.25) is 0 Å². The molecule has 1 N–H and O–H groups in total. The number of fused-ring (bicyclic) bond motifs is 1. The Hall–Kier alpha value is -2.10. The van der Waals surface area contributed by atoms with Crippen molar-refractivity contribution in [2.24, 2.45) is 5.41 Å². The molecular weight excluding hydrogens is 252 g/mol. The van der Waals surface area contributed by atoms with Crippen molar-refractivity contribution in [1.29, 1.82) is 0 Å². The van der Waals surface area contributed by atoms with Crippen molar-refractivity contribution in [2.75, 3.05) is 0 Å². The monoisotopic (exact) mass is 268 g/mol. The van der Waals surface area contributed by atoms with E-state index < -0.39 is 11.4 Å². The molecule has 0 saturated carbocycles. The summed E-state index contributed by atoms with van der Waals surface area (Å²) in [6, 6.07) is 8.01. The van der Waals surface area contributed by atoms with E-state index in [1.54, 1.807) is 6.20 Å². The number of rotatable bonds is 1. The quantitative estimate of drug-likeness (QED) is 0.865. The van der Waals surface area contributed by atoms with Gasteiger partial charge in [-0.3, -0.25) is 4.79 Å². The third-order valence-electron chi connectivity index (χ3n) is 5.10. The number of carbonyl (C=O) groups is 1. The summed E-state index contributed by atoms with van der Waals surface area (Å²) in [4.78, 5) is 16.4. The minimum absolute atomic E-state index is 0.171. The summed E-state index contributed by atoms with van der Waals surface area (Å²) in [6.07, 6.45) is 4.28. The maximum atomic E-state index is 11.9. The lowest BCUT2D eigenvalue weighted by Crippen LogP contribution is -2.54. The van der Waals surface area contributed by atoms with E-state index in [-0.39, 0.29) is 11.5 Å². The van der Waals surface area contributed by atoms with Gasteiger partial charge in [0, 0.05) is 12.4 Å². The number of hydrogen-bond acceptors (Lipinski definition) is 2. The Labute approximate surface area is 117 Å². The van der Waals surface area contributed by atoms with Crippen molar-refractivity contribution in [3.05, 3.63) is 53.6 Å². The minimum atomic E-state index is -0.795. The van der Waals surface area contributed by atoms with Crippen LogP contribution in [0.25, 0.3) is 0 Å². The largest absolute Gasteiger partial charge is 0.481 e. The van der Waals surface area contributed by atoms with E-state index in [0.29, 0.717) is 6.42 Å². The third-order valence-corrected chi connectivity index (χ3v) is 5.10. The molecule has 2 aliphatic heterocycles. The number of nitrogens with zero attached hydrogens (tertiary/aromatic N) is 2. The maximum Gasteiger partial charge on any atom is 0.311 e. The highest BCUT2D eigenvalue weighted by atomic mass is 16.4. The van der Waals surface area contributed by atoms with E-state index in [2.05, 4.69) is 28.6 Å². The van der Waals surface area contributed by atoms with Crippen LogP contribution in [0.2, 0.25) is 0 Å². The zero-order chi connectivity index (χ0) is 14.1. The molecule has 2 aromatic rings. The fraction of sp³-hybridized carbons (Fsp3) is 0.375. The second kappa shape index (κ2) is 3.32. The van der Waals surface area contributed by atoms with E-state index in [9.17, 15) is 9.90 Å². The maximum absolute atomic E-state index is 11.9. The van der Waals surface area contributed by atoms with E-state index in [1.165, 1.54) is 5.56 Å². The van der Waals surface area contributed by atoms with Gasteiger partial charge < -0.3 is 9.67 Å². The molecule has 1 aliphatic carbocycles. The van der Waals surface area contributed by atoms with Crippen LogP contribution in [0.4, 0.5) is 0 Å². The number of benzene rings is 1. The number of imidazole rings is 1. The number of aliphatic carboxylic acids is 1. The molecule has 0 radical (unpaired) electrons. The average Bonchev–Trinajstić information content (AvgIpc) is 2.89. The predicted octanol–water partition coefficient (Wildman–Crippen LogP) is 2.59. The Morgan fingerprint density at radius 2 is 2.15 bits per heavy atom. The highest BCUT2D eigenvalue weighted by Crippen LogP contribution is 2.60. The molecule has 0 fully saturated rings. The zero-order valence-electron chi connectivity index (χ0n) is 11.5. The van der Waals surface area contributed by atoms with Crippen LogP contribution in [0.5, 0.6) is 0 Å². The summed E-state index contributed by atoms with van der Waals surface area (Å²) >= 11 is 0. The van der Waals surface area contributed by atoms with E-state index in [1.807, 2.05) is 25.3 Å². The second-order valence-electron chi connectivity index (χ2n) is 6.38. The topological polar surface area (TPSA) is 55.1 Å². The summed E-state index contributed by atoms with van der Waals surface area (Å²) in [5, 5.41) is 9.79. The molecule has 3 unspecified atom stereocenters. The van der Waals surface area contributed by atoms with Gasteiger partial charge >= 0.3 is 5.97 Å². The smallest absolute Gasteiger partial charge is 0.311 e. The number of carboxylic acids is 1. The number of hydrogen-bond donors (Lipinski definition) is 1. The zero-order valence-corrected chi connectivity index (χ0v) is 11.5. The normalized spacial score (nSPS) is 33.6. The average molecular weight is 268 g/mol. The molecule has 0 amide bonds. The van der Waals surface area contributed by atoms with Crippen molar-refractivity contribution < 1.29 is 9.90 Å². The van der Waals surface area contributed by atoms with E-state index in [0.717, 1.165) is 11.4 Å². The van der Waals surface area contributed by atoms with Crippen molar-refractivity contribution in [3.63, 3.8) is 0 Å². The van der Waals surface area contributed by atoms with Crippen LogP contribution in [0.15, 0.2) is 36.7 Å². The fourth-order valence-electron chi connectivity index (χ4n) is 4.31. The van der Waals surface area contributed by atoms with Crippen LogP contribution < -0.4 is 0 Å². The summed E-state index contributed by atoms with van der Waals surface area (Å²) in [6.45, 7) is 3.97. The first-order valence-corrected chi connectivity index (χ1v) is 6.84. The first-order valence-electron chi connectivity index (χ1n) is 6.84. The van der Waals surface area contributed by atoms with Gasteiger partial charge in [-0.15, -0.1) is 0 Å². The van der Waals surface area contributed by atoms with Gasteiger partial charge in [0.25, 0.3) is 0 Å². The molecule has 0 saturated heterocycles. The van der Waals surface area contributed by atoms with Crippen molar-refractivity contribution >= 4 is 5.97 Å². The molecule has 5 rings (SSSR count). The summed E-state index contributed by atoms with van der Waals surface area (Å²) in [5.74, 6) is 0.252. The van der Waals surface area contributed by atoms with E-state index in [4.69, 9.17) is 0 Å². The fourth-order valence-corrected chi connectivity index (χ4v) is 4.31. The Kier molecular flexibility index (Phi) is 1.94.